The average molecular weight is 322 g/mol. The summed E-state index contributed by atoms with van der Waals surface area (Å²) in [6.45, 7) is 3.63. The molecule has 0 unspecified atom stereocenters. The Morgan fingerprint density at radius 1 is 1.05 bits per heavy atom. The van der Waals surface area contributed by atoms with Crippen molar-refractivity contribution in [1.82, 2.24) is 14.8 Å². The van der Waals surface area contributed by atoms with E-state index in [2.05, 4.69) is 10.2 Å². The van der Waals surface area contributed by atoms with E-state index < -0.39 is 38.6 Å². The van der Waals surface area contributed by atoms with Crippen LogP contribution < -0.4 is 5.14 Å². The van der Waals surface area contributed by atoms with Crippen LogP contribution in [0.15, 0.2) is 5.16 Å². The smallest absolute Gasteiger partial charge is 0.290 e. The maximum absolute atomic E-state index is 13.4. The molecule has 0 radical (unpaired) electrons. The first-order valence-electron chi connectivity index (χ1n) is 5.04. The average Bonchev–Trinajstić information content (AvgIpc) is 2.57. The molecule has 0 bridgehead atoms. The molecule has 1 aromatic rings. The van der Waals surface area contributed by atoms with Gasteiger partial charge in [-0.15, -0.1) is 10.2 Å². The van der Waals surface area contributed by atoms with Crippen molar-refractivity contribution in [2.24, 2.45) is 5.14 Å². The minimum atomic E-state index is -5.95. The number of halogens is 5. The van der Waals surface area contributed by atoms with Crippen molar-refractivity contribution in [2.45, 2.75) is 43.6 Å². The third kappa shape index (κ3) is 2.75. The van der Waals surface area contributed by atoms with Crippen molar-refractivity contribution in [3.63, 3.8) is 0 Å². The second-order valence-electron chi connectivity index (χ2n) is 4.93. The summed E-state index contributed by atoms with van der Waals surface area (Å²) in [5.74, 6) is -7.20. The highest BCUT2D eigenvalue weighted by atomic mass is 32.2. The molecule has 12 heteroatoms. The van der Waals surface area contributed by atoms with E-state index in [-0.39, 0.29) is 4.57 Å². The summed E-state index contributed by atoms with van der Waals surface area (Å²) in [4.78, 5) is 0. The first-order valence-corrected chi connectivity index (χ1v) is 6.58. The molecule has 0 aliphatic rings. The van der Waals surface area contributed by atoms with E-state index in [0.29, 0.717) is 0 Å². The molecule has 6 nitrogen and oxygen atoms in total. The van der Waals surface area contributed by atoms with E-state index in [4.69, 9.17) is 5.14 Å². The lowest BCUT2D eigenvalue weighted by molar-refractivity contribution is -0.294. The molecule has 20 heavy (non-hydrogen) atoms. The fourth-order valence-corrected chi connectivity index (χ4v) is 2.16. The zero-order valence-electron chi connectivity index (χ0n) is 10.5. The van der Waals surface area contributed by atoms with Gasteiger partial charge in [0.2, 0.25) is 5.82 Å². The molecule has 0 saturated carbocycles. The van der Waals surface area contributed by atoms with Gasteiger partial charge in [0.05, 0.1) is 0 Å². The number of hydrogen-bond acceptors (Lipinski definition) is 4. The van der Waals surface area contributed by atoms with E-state index in [1.165, 1.54) is 20.8 Å². The predicted molar refractivity (Wildman–Crippen MR) is 56.3 cm³/mol. The molecule has 0 saturated heterocycles. The van der Waals surface area contributed by atoms with Crippen molar-refractivity contribution in [3.05, 3.63) is 5.82 Å². The lowest BCUT2D eigenvalue weighted by atomic mass is 10.1. The van der Waals surface area contributed by atoms with Gasteiger partial charge in [0, 0.05) is 5.54 Å². The largest absolute Gasteiger partial charge is 0.461 e. The van der Waals surface area contributed by atoms with Crippen LogP contribution in [0.3, 0.4) is 0 Å². The maximum Gasteiger partial charge on any atom is 0.461 e. The minimum Gasteiger partial charge on any atom is -0.290 e. The molecule has 2 N–H and O–H groups in total. The van der Waals surface area contributed by atoms with E-state index in [9.17, 15) is 30.4 Å². The van der Waals surface area contributed by atoms with Gasteiger partial charge >= 0.3 is 12.1 Å². The SMILES string of the molecule is CC(C)(C)n1c(C(F)(F)C(F)(F)F)nnc1S(N)(=O)=O. The summed E-state index contributed by atoms with van der Waals surface area (Å²) in [5.41, 5.74) is -1.46. The van der Waals surface area contributed by atoms with Crippen LogP contribution in [0.5, 0.6) is 0 Å². The molecule has 0 fully saturated rings. The van der Waals surface area contributed by atoms with Crippen molar-refractivity contribution in [3.8, 4) is 0 Å². The van der Waals surface area contributed by atoms with Crippen molar-refractivity contribution in [1.29, 1.82) is 0 Å². The molecule has 0 spiro atoms. The Labute approximate surface area is 110 Å². The van der Waals surface area contributed by atoms with Crippen molar-refractivity contribution < 1.29 is 30.4 Å². The zero-order chi connectivity index (χ0) is 16.1. The number of alkyl halides is 5. The molecule has 0 atom stereocenters. The van der Waals surface area contributed by atoms with Gasteiger partial charge in [0.1, 0.15) is 0 Å². The highest BCUT2D eigenvalue weighted by Crippen LogP contribution is 2.44. The summed E-state index contributed by atoms with van der Waals surface area (Å²) >= 11 is 0. The van der Waals surface area contributed by atoms with Crippen LogP contribution in [0, 0.1) is 0 Å². The Balaban J connectivity index is 3.73. The fraction of sp³-hybridized carbons (Fsp3) is 0.750. The number of primary sulfonamides is 1. The fourth-order valence-electron chi connectivity index (χ4n) is 1.39. The van der Waals surface area contributed by atoms with E-state index in [1.807, 2.05) is 0 Å². The Morgan fingerprint density at radius 3 is 1.80 bits per heavy atom. The number of rotatable bonds is 2. The molecular weight excluding hydrogens is 311 g/mol. The van der Waals surface area contributed by atoms with Gasteiger partial charge in [0.25, 0.3) is 15.2 Å². The first kappa shape index (κ1) is 16.8. The molecule has 0 amide bonds. The summed E-state index contributed by atoms with van der Waals surface area (Å²) in [6.07, 6.45) is -5.95. The van der Waals surface area contributed by atoms with Gasteiger partial charge in [-0.3, -0.25) is 4.57 Å². The van der Waals surface area contributed by atoms with Crippen LogP contribution in [-0.2, 0) is 21.5 Å². The van der Waals surface area contributed by atoms with Gasteiger partial charge < -0.3 is 0 Å². The molecule has 0 aliphatic heterocycles. The standard InChI is InChI=1S/C8H11F5N4O2S/c1-6(2,3)17-4(7(9,10)8(11,12)13)15-16-5(17)20(14,18)19/h1-3H3,(H2,14,18,19). The van der Waals surface area contributed by atoms with Crippen LogP contribution in [0.25, 0.3) is 0 Å². The third-order valence-electron chi connectivity index (χ3n) is 2.20. The molecule has 1 rings (SSSR count). The number of hydrogen-bond donors (Lipinski definition) is 1. The maximum atomic E-state index is 13.4. The van der Waals surface area contributed by atoms with Gasteiger partial charge in [-0.05, 0) is 20.8 Å². The van der Waals surface area contributed by atoms with Crippen LogP contribution in [-0.4, -0.2) is 29.4 Å². The highest BCUT2D eigenvalue weighted by molar-refractivity contribution is 7.89. The summed E-state index contributed by atoms with van der Waals surface area (Å²) in [7, 11) is -4.61. The second-order valence-corrected chi connectivity index (χ2v) is 6.38. The van der Waals surface area contributed by atoms with E-state index in [1.54, 1.807) is 0 Å². The van der Waals surface area contributed by atoms with Gasteiger partial charge in [0.15, 0.2) is 0 Å². The summed E-state index contributed by atoms with van der Waals surface area (Å²) in [5, 5.41) is 9.10. The molecule has 1 heterocycles. The van der Waals surface area contributed by atoms with Crippen LogP contribution in [0.4, 0.5) is 22.0 Å². The van der Waals surface area contributed by atoms with Crippen LogP contribution in [0.1, 0.15) is 26.6 Å². The van der Waals surface area contributed by atoms with Crippen LogP contribution >= 0.6 is 0 Å². The normalized spacial score (nSPS) is 14.7. The molecule has 116 valence electrons. The Morgan fingerprint density at radius 2 is 1.50 bits per heavy atom. The van der Waals surface area contributed by atoms with Gasteiger partial charge in [-0.25, -0.2) is 13.6 Å². The Hall–Kier alpha value is -1.30. The number of sulfonamides is 1. The lowest BCUT2D eigenvalue weighted by Gasteiger charge is -2.27. The molecule has 0 aromatic carbocycles. The Kier molecular flexibility index (Phi) is 3.64. The monoisotopic (exact) mass is 322 g/mol. The lowest BCUT2D eigenvalue weighted by Crippen LogP contribution is -2.40. The number of nitrogens with two attached hydrogens (primary N) is 1. The zero-order valence-corrected chi connectivity index (χ0v) is 11.4. The molecular formula is C8H11F5N4O2S. The second kappa shape index (κ2) is 4.35. The quantitative estimate of drug-likeness (QED) is 0.832. The predicted octanol–water partition coefficient (Wildman–Crippen LogP) is 1.33. The Bertz CT molecular complexity index is 614. The number of aromatic nitrogens is 3. The van der Waals surface area contributed by atoms with E-state index in [0.717, 1.165) is 0 Å². The highest BCUT2D eigenvalue weighted by Gasteiger charge is 2.63. The molecule has 0 aliphatic carbocycles. The van der Waals surface area contributed by atoms with Crippen molar-refractivity contribution in [2.75, 3.05) is 0 Å². The van der Waals surface area contributed by atoms with Crippen molar-refractivity contribution >= 4 is 10.0 Å². The molecule has 1 aromatic heterocycles. The first-order chi connectivity index (χ1) is 8.60. The van der Waals surface area contributed by atoms with Gasteiger partial charge in [-0.2, -0.15) is 22.0 Å². The topological polar surface area (TPSA) is 90.9 Å². The number of nitrogens with zero attached hydrogens (tertiary/aromatic N) is 3. The summed E-state index contributed by atoms with van der Waals surface area (Å²) in [6, 6.07) is 0. The van der Waals surface area contributed by atoms with Crippen LogP contribution in [0.2, 0.25) is 0 Å². The van der Waals surface area contributed by atoms with E-state index >= 15 is 0 Å². The third-order valence-corrected chi connectivity index (χ3v) is 2.97. The summed E-state index contributed by atoms with van der Waals surface area (Å²) < 4.78 is 86.5. The van der Waals surface area contributed by atoms with Gasteiger partial charge in [-0.1, -0.05) is 0 Å². The minimum absolute atomic E-state index is 0.163.